The fourth-order valence-electron chi connectivity index (χ4n) is 1.80. The molecule has 0 radical (unpaired) electrons. The van der Waals surface area contributed by atoms with E-state index in [0.717, 1.165) is 11.4 Å². The van der Waals surface area contributed by atoms with Crippen LogP contribution in [0.3, 0.4) is 0 Å². The molecule has 0 aliphatic rings. The number of thiophene rings is 1. The molecule has 4 nitrogen and oxygen atoms in total. The second-order valence-corrected chi connectivity index (χ2v) is 7.22. The van der Waals surface area contributed by atoms with Crippen LogP contribution in [0.4, 0.5) is 4.39 Å². The fraction of sp³-hybridized carbons (Fsp3) is 0.286. The van der Waals surface area contributed by atoms with Gasteiger partial charge in [-0.25, -0.2) is 17.5 Å². The van der Waals surface area contributed by atoms with E-state index in [1.54, 1.807) is 6.07 Å². The molecule has 0 saturated carbocycles. The Kier molecular flexibility index (Phi) is 5.46. The maximum Gasteiger partial charge on any atom is 0.243 e. The van der Waals surface area contributed by atoms with Gasteiger partial charge in [-0.1, -0.05) is 19.1 Å². The Bertz CT molecular complexity index is 685. The third-order valence-corrected chi connectivity index (χ3v) is 5.19. The number of hydrogen-bond acceptors (Lipinski definition) is 4. The van der Waals surface area contributed by atoms with E-state index in [1.165, 1.54) is 23.5 Å². The van der Waals surface area contributed by atoms with E-state index in [-0.39, 0.29) is 11.4 Å². The molecule has 2 aromatic rings. The summed E-state index contributed by atoms with van der Waals surface area (Å²) in [4.78, 5) is 0.557. The summed E-state index contributed by atoms with van der Waals surface area (Å²) in [5, 5.41) is 4.92. The molecule has 1 heterocycles. The first-order chi connectivity index (χ1) is 10.0. The topological polar surface area (TPSA) is 58.2 Å². The number of halogens is 1. The van der Waals surface area contributed by atoms with Gasteiger partial charge in [0.2, 0.25) is 10.0 Å². The van der Waals surface area contributed by atoms with Crippen LogP contribution in [0.5, 0.6) is 0 Å². The van der Waals surface area contributed by atoms with Crippen LogP contribution in [-0.4, -0.2) is 15.0 Å². The van der Waals surface area contributed by atoms with Crippen molar-refractivity contribution in [1.82, 2.24) is 10.0 Å². The first kappa shape index (κ1) is 16.1. The summed E-state index contributed by atoms with van der Waals surface area (Å²) in [6.45, 7) is 3.39. The van der Waals surface area contributed by atoms with E-state index < -0.39 is 15.8 Å². The second kappa shape index (κ2) is 7.13. The summed E-state index contributed by atoms with van der Waals surface area (Å²) in [7, 11) is -3.84. The Hall–Kier alpha value is -1.28. The lowest BCUT2D eigenvalue weighted by molar-refractivity contribution is 0.555. The van der Waals surface area contributed by atoms with Crippen molar-refractivity contribution in [3.05, 3.63) is 52.0 Å². The molecule has 1 aromatic carbocycles. The van der Waals surface area contributed by atoms with Crippen LogP contribution in [0.2, 0.25) is 0 Å². The highest BCUT2D eigenvalue weighted by atomic mass is 32.2. The van der Waals surface area contributed by atoms with Gasteiger partial charge in [-0.2, -0.15) is 0 Å². The van der Waals surface area contributed by atoms with Gasteiger partial charge in [0.1, 0.15) is 10.7 Å². The lowest BCUT2D eigenvalue weighted by Crippen LogP contribution is -2.24. The quantitative estimate of drug-likeness (QED) is 0.821. The van der Waals surface area contributed by atoms with E-state index in [1.807, 2.05) is 24.4 Å². The van der Waals surface area contributed by atoms with Crippen molar-refractivity contribution in [2.24, 2.45) is 0 Å². The van der Waals surface area contributed by atoms with Gasteiger partial charge in [-0.05, 0) is 35.7 Å². The van der Waals surface area contributed by atoms with Gasteiger partial charge in [0.15, 0.2) is 0 Å². The highest BCUT2D eigenvalue weighted by molar-refractivity contribution is 7.89. The minimum Gasteiger partial charge on any atom is -0.313 e. The minimum absolute atomic E-state index is 0.165. The molecule has 114 valence electrons. The Morgan fingerprint density at radius 1 is 1.24 bits per heavy atom. The number of hydrogen-bond donors (Lipinski definition) is 2. The molecule has 0 amide bonds. The summed E-state index contributed by atoms with van der Waals surface area (Å²) < 4.78 is 40.6. The number of nitrogens with one attached hydrogen (secondary N) is 2. The van der Waals surface area contributed by atoms with Crippen molar-refractivity contribution in [3.8, 4) is 0 Å². The first-order valence-electron chi connectivity index (χ1n) is 6.54. The SMILES string of the molecule is CCNCc1ccc(S(=O)(=O)NCc2cccs2)c(F)c1. The van der Waals surface area contributed by atoms with Crippen molar-refractivity contribution in [3.63, 3.8) is 0 Å². The summed E-state index contributed by atoms with van der Waals surface area (Å²) in [5.41, 5.74) is 0.714. The summed E-state index contributed by atoms with van der Waals surface area (Å²) >= 11 is 1.45. The summed E-state index contributed by atoms with van der Waals surface area (Å²) in [6.07, 6.45) is 0. The van der Waals surface area contributed by atoms with Crippen LogP contribution in [0.15, 0.2) is 40.6 Å². The van der Waals surface area contributed by atoms with Gasteiger partial charge in [0, 0.05) is 18.0 Å². The molecule has 0 aliphatic carbocycles. The minimum atomic E-state index is -3.84. The number of rotatable bonds is 7. The monoisotopic (exact) mass is 328 g/mol. The van der Waals surface area contributed by atoms with Crippen molar-refractivity contribution < 1.29 is 12.8 Å². The molecule has 0 fully saturated rings. The van der Waals surface area contributed by atoms with E-state index in [9.17, 15) is 12.8 Å². The summed E-state index contributed by atoms with van der Waals surface area (Å²) in [6, 6.07) is 7.83. The second-order valence-electron chi connectivity index (χ2n) is 4.45. The van der Waals surface area contributed by atoms with Crippen LogP contribution in [0, 0.1) is 5.82 Å². The molecule has 0 atom stereocenters. The van der Waals surface area contributed by atoms with E-state index in [4.69, 9.17) is 0 Å². The fourth-order valence-corrected chi connectivity index (χ4v) is 3.60. The third-order valence-electron chi connectivity index (χ3n) is 2.88. The van der Waals surface area contributed by atoms with Crippen LogP contribution in [-0.2, 0) is 23.1 Å². The molecule has 0 bridgehead atoms. The summed E-state index contributed by atoms with van der Waals surface area (Å²) in [5.74, 6) is -0.732. The Labute approximate surface area is 128 Å². The Morgan fingerprint density at radius 2 is 2.05 bits per heavy atom. The van der Waals surface area contributed by atoms with Gasteiger partial charge in [-0.15, -0.1) is 11.3 Å². The van der Waals surface area contributed by atoms with Gasteiger partial charge < -0.3 is 5.32 Å². The maximum atomic E-state index is 14.0. The van der Waals surface area contributed by atoms with Crippen LogP contribution >= 0.6 is 11.3 Å². The standard InChI is InChI=1S/C14H17FN2O2S2/c1-2-16-9-11-5-6-14(13(15)8-11)21(18,19)17-10-12-4-3-7-20-12/h3-8,16-17H,2,9-10H2,1H3. The highest BCUT2D eigenvalue weighted by Gasteiger charge is 2.19. The van der Waals surface area contributed by atoms with Crippen LogP contribution in [0.25, 0.3) is 0 Å². The van der Waals surface area contributed by atoms with Crippen molar-refractivity contribution in [2.45, 2.75) is 24.9 Å². The van der Waals surface area contributed by atoms with Gasteiger partial charge >= 0.3 is 0 Å². The van der Waals surface area contributed by atoms with Crippen molar-refractivity contribution in [2.75, 3.05) is 6.54 Å². The van der Waals surface area contributed by atoms with Gasteiger partial charge in [-0.3, -0.25) is 0 Å². The van der Waals surface area contributed by atoms with E-state index in [0.29, 0.717) is 12.1 Å². The van der Waals surface area contributed by atoms with Crippen molar-refractivity contribution >= 4 is 21.4 Å². The number of benzene rings is 1. The smallest absolute Gasteiger partial charge is 0.243 e. The van der Waals surface area contributed by atoms with E-state index >= 15 is 0 Å². The first-order valence-corrected chi connectivity index (χ1v) is 8.90. The Morgan fingerprint density at radius 3 is 2.67 bits per heavy atom. The maximum absolute atomic E-state index is 14.0. The zero-order valence-corrected chi connectivity index (χ0v) is 13.2. The zero-order valence-electron chi connectivity index (χ0n) is 11.6. The molecule has 2 N–H and O–H groups in total. The normalized spacial score (nSPS) is 11.7. The molecule has 2 rings (SSSR count). The molecule has 0 unspecified atom stereocenters. The highest BCUT2D eigenvalue weighted by Crippen LogP contribution is 2.17. The predicted octanol–water partition coefficient (Wildman–Crippen LogP) is 2.48. The van der Waals surface area contributed by atoms with E-state index in [2.05, 4.69) is 10.0 Å². The lowest BCUT2D eigenvalue weighted by Gasteiger charge is -2.09. The lowest BCUT2D eigenvalue weighted by atomic mass is 10.2. The third kappa shape index (κ3) is 4.34. The largest absolute Gasteiger partial charge is 0.313 e. The zero-order chi connectivity index (χ0) is 15.3. The molecule has 1 aromatic heterocycles. The molecular formula is C14H17FN2O2S2. The number of sulfonamides is 1. The van der Waals surface area contributed by atoms with Crippen molar-refractivity contribution in [1.29, 1.82) is 0 Å². The van der Waals surface area contributed by atoms with Crippen LogP contribution in [0.1, 0.15) is 17.4 Å². The van der Waals surface area contributed by atoms with Crippen LogP contribution < -0.4 is 10.0 Å². The molecule has 0 aliphatic heterocycles. The molecule has 7 heteroatoms. The molecule has 21 heavy (non-hydrogen) atoms. The predicted molar refractivity (Wildman–Crippen MR) is 82.1 cm³/mol. The molecule has 0 saturated heterocycles. The average Bonchev–Trinajstić information content (AvgIpc) is 2.96. The molecule has 0 spiro atoms. The Balaban J connectivity index is 2.12. The molecular weight excluding hydrogens is 311 g/mol. The average molecular weight is 328 g/mol. The van der Waals surface area contributed by atoms with Gasteiger partial charge in [0.05, 0.1) is 0 Å². The van der Waals surface area contributed by atoms with Gasteiger partial charge in [0.25, 0.3) is 0 Å².